The van der Waals surface area contributed by atoms with Gasteiger partial charge in [-0.1, -0.05) is 42.4 Å². The molecule has 128 valence electrons. The Kier molecular flexibility index (Phi) is 6.63. The van der Waals surface area contributed by atoms with Crippen molar-refractivity contribution < 1.29 is 14.7 Å². The molecule has 0 aliphatic rings. The average molecular weight is 328 g/mol. The summed E-state index contributed by atoms with van der Waals surface area (Å²) in [6.45, 7) is 3.80. The third-order valence-electron chi connectivity index (χ3n) is 3.83. The van der Waals surface area contributed by atoms with Crippen LogP contribution in [0.5, 0.6) is 11.5 Å². The molecule has 5 heteroatoms. The summed E-state index contributed by atoms with van der Waals surface area (Å²) in [5.74, 6) is 1.27. The van der Waals surface area contributed by atoms with Gasteiger partial charge in [0.05, 0.1) is 14.2 Å². The summed E-state index contributed by atoms with van der Waals surface area (Å²) in [5, 5.41) is 16.5. The number of nitrogens with one attached hydrogen (secondary N) is 1. The number of methoxy groups -OCH3 is 2. The van der Waals surface area contributed by atoms with E-state index in [0.29, 0.717) is 17.2 Å². The maximum absolute atomic E-state index is 9.62. The number of nitrogens with zero attached hydrogens (tertiary/aromatic N) is 1. The minimum atomic E-state index is 0.517. The smallest absolute Gasteiger partial charge is 0.161 e. The summed E-state index contributed by atoms with van der Waals surface area (Å²) in [6.07, 6.45) is 0.787. The molecule has 0 bridgehead atoms. The summed E-state index contributed by atoms with van der Waals surface area (Å²) < 4.78 is 10.8. The summed E-state index contributed by atoms with van der Waals surface area (Å²) in [4.78, 5) is 0. The molecule has 0 amide bonds. The van der Waals surface area contributed by atoms with Crippen LogP contribution in [0.3, 0.4) is 0 Å². The maximum atomic E-state index is 9.62. The highest BCUT2D eigenvalue weighted by Crippen LogP contribution is 2.32. The fraction of sp³-hybridized carbons (Fsp3) is 0.316. The van der Waals surface area contributed by atoms with Gasteiger partial charge in [0, 0.05) is 11.1 Å². The van der Waals surface area contributed by atoms with Crippen LogP contribution in [-0.2, 0) is 6.42 Å². The predicted octanol–water partition coefficient (Wildman–Crippen LogP) is 3.08. The molecule has 0 spiro atoms. The molecular weight excluding hydrogens is 304 g/mol. The van der Waals surface area contributed by atoms with E-state index in [-0.39, 0.29) is 0 Å². The molecule has 0 atom stereocenters. The zero-order chi connectivity index (χ0) is 17.4. The van der Waals surface area contributed by atoms with E-state index in [2.05, 4.69) is 17.4 Å². The first-order chi connectivity index (χ1) is 11.7. The van der Waals surface area contributed by atoms with E-state index in [1.54, 1.807) is 14.2 Å². The van der Waals surface area contributed by atoms with Crippen molar-refractivity contribution in [1.29, 1.82) is 0 Å². The molecule has 0 radical (unpaired) electrons. The lowest BCUT2D eigenvalue weighted by Gasteiger charge is -2.16. The van der Waals surface area contributed by atoms with E-state index in [1.807, 2.05) is 42.5 Å². The molecule has 0 aromatic heterocycles. The quantitative estimate of drug-likeness (QED) is 0.338. The maximum Gasteiger partial charge on any atom is 0.161 e. The van der Waals surface area contributed by atoms with Gasteiger partial charge in [-0.05, 0) is 37.2 Å². The molecule has 0 aliphatic carbocycles. The normalized spacial score (nSPS) is 11.4. The van der Waals surface area contributed by atoms with Gasteiger partial charge in [0.25, 0.3) is 0 Å². The average Bonchev–Trinajstić information content (AvgIpc) is 2.63. The molecule has 0 aliphatic heterocycles. The molecule has 0 saturated carbocycles. The largest absolute Gasteiger partial charge is 0.493 e. The van der Waals surface area contributed by atoms with Crippen LogP contribution in [0.2, 0.25) is 0 Å². The Bertz CT molecular complexity index is 685. The van der Waals surface area contributed by atoms with Gasteiger partial charge < -0.3 is 20.0 Å². The standard InChI is InChI=1S/C19H24N2O3/c1-4-20-11-10-15-12-17(23-2)18(24-3)13-16(15)19(21-22)14-8-6-5-7-9-14/h5-9,12-13,20,22H,4,10-11H2,1-3H3/b21-19-. The molecule has 2 aromatic carbocycles. The summed E-state index contributed by atoms with van der Waals surface area (Å²) in [7, 11) is 3.21. The van der Waals surface area contributed by atoms with Crippen molar-refractivity contribution in [2.24, 2.45) is 5.16 Å². The Labute approximate surface area is 142 Å². The van der Waals surface area contributed by atoms with Crippen LogP contribution in [0.25, 0.3) is 0 Å². The SMILES string of the molecule is CCNCCc1cc(OC)c(OC)cc1/C(=N\O)c1ccccc1. The Morgan fingerprint density at radius 3 is 2.33 bits per heavy atom. The van der Waals surface area contributed by atoms with Gasteiger partial charge in [-0.3, -0.25) is 0 Å². The molecule has 5 nitrogen and oxygen atoms in total. The van der Waals surface area contributed by atoms with Crippen molar-refractivity contribution in [3.8, 4) is 11.5 Å². The molecule has 2 rings (SSSR count). The lowest BCUT2D eigenvalue weighted by Crippen LogP contribution is -2.18. The fourth-order valence-electron chi connectivity index (χ4n) is 2.61. The van der Waals surface area contributed by atoms with Gasteiger partial charge in [0.15, 0.2) is 11.5 Å². The minimum Gasteiger partial charge on any atom is -0.493 e. The predicted molar refractivity (Wildman–Crippen MR) is 95.7 cm³/mol. The zero-order valence-electron chi connectivity index (χ0n) is 14.4. The molecule has 2 N–H and O–H groups in total. The minimum absolute atomic E-state index is 0.517. The van der Waals surface area contributed by atoms with E-state index in [4.69, 9.17) is 9.47 Å². The first-order valence-corrected chi connectivity index (χ1v) is 7.98. The van der Waals surface area contributed by atoms with Crippen molar-refractivity contribution in [2.75, 3.05) is 27.3 Å². The molecule has 24 heavy (non-hydrogen) atoms. The molecule has 0 saturated heterocycles. The summed E-state index contributed by atoms with van der Waals surface area (Å²) in [5.41, 5.74) is 3.23. The first kappa shape index (κ1) is 17.8. The van der Waals surface area contributed by atoms with Crippen molar-refractivity contribution >= 4 is 5.71 Å². The van der Waals surface area contributed by atoms with Gasteiger partial charge in [-0.25, -0.2) is 0 Å². The Morgan fingerprint density at radius 2 is 1.75 bits per heavy atom. The lowest BCUT2D eigenvalue weighted by molar-refractivity contribution is 0.319. The Balaban J connectivity index is 2.52. The number of oxime groups is 1. The van der Waals surface area contributed by atoms with Crippen molar-refractivity contribution in [3.05, 3.63) is 59.2 Å². The number of hydrogen-bond acceptors (Lipinski definition) is 5. The third-order valence-corrected chi connectivity index (χ3v) is 3.83. The van der Waals surface area contributed by atoms with Crippen LogP contribution in [-0.4, -0.2) is 38.2 Å². The Morgan fingerprint density at radius 1 is 1.08 bits per heavy atom. The number of benzene rings is 2. The highest BCUT2D eigenvalue weighted by atomic mass is 16.5. The van der Waals surface area contributed by atoms with Gasteiger partial charge in [0.2, 0.25) is 0 Å². The third kappa shape index (κ3) is 4.06. The van der Waals surface area contributed by atoms with Crippen molar-refractivity contribution in [2.45, 2.75) is 13.3 Å². The van der Waals surface area contributed by atoms with E-state index in [1.165, 1.54) is 0 Å². The number of hydrogen-bond donors (Lipinski definition) is 2. The van der Waals surface area contributed by atoms with Crippen LogP contribution < -0.4 is 14.8 Å². The molecule has 2 aromatic rings. The number of rotatable bonds is 8. The molecule has 0 unspecified atom stereocenters. The highest BCUT2D eigenvalue weighted by Gasteiger charge is 2.17. The van der Waals surface area contributed by atoms with Gasteiger partial charge in [-0.2, -0.15) is 0 Å². The molecule has 0 fully saturated rings. The first-order valence-electron chi connectivity index (χ1n) is 7.98. The Hall–Kier alpha value is -2.53. The number of likely N-dealkylation sites (N-methyl/N-ethyl adjacent to an activating group) is 1. The second-order valence-corrected chi connectivity index (χ2v) is 5.28. The summed E-state index contributed by atoms with van der Waals surface area (Å²) >= 11 is 0. The topological polar surface area (TPSA) is 63.1 Å². The van der Waals surface area contributed by atoms with Crippen molar-refractivity contribution in [3.63, 3.8) is 0 Å². The van der Waals surface area contributed by atoms with Crippen LogP contribution >= 0.6 is 0 Å². The van der Waals surface area contributed by atoms with Crippen LogP contribution in [0.1, 0.15) is 23.6 Å². The molecular formula is C19H24N2O3. The van der Waals surface area contributed by atoms with Crippen molar-refractivity contribution in [1.82, 2.24) is 5.32 Å². The second-order valence-electron chi connectivity index (χ2n) is 5.28. The van der Waals surface area contributed by atoms with Gasteiger partial charge in [-0.15, -0.1) is 0 Å². The highest BCUT2D eigenvalue weighted by molar-refractivity contribution is 6.13. The molecule has 0 heterocycles. The van der Waals surface area contributed by atoms with Crippen LogP contribution in [0.4, 0.5) is 0 Å². The van der Waals surface area contributed by atoms with E-state index in [9.17, 15) is 5.21 Å². The van der Waals surface area contributed by atoms with Crippen LogP contribution in [0.15, 0.2) is 47.6 Å². The van der Waals surface area contributed by atoms with E-state index >= 15 is 0 Å². The summed E-state index contributed by atoms with van der Waals surface area (Å²) in [6, 6.07) is 13.4. The monoisotopic (exact) mass is 328 g/mol. The van der Waals surface area contributed by atoms with Gasteiger partial charge in [0.1, 0.15) is 5.71 Å². The zero-order valence-corrected chi connectivity index (χ0v) is 14.4. The number of ether oxygens (including phenoxy) is 2. The van der Waals surface area contributed by atoms with E-state index < -0.39 is 0 Å². The van der Waals surface area contributed by atoms with Crippen LogP contribution in [0, 0.1) is 0 Å². The van der Waals surface area contributed by atoms with Gasteiger partial charge >= 0.3 is 0 Å². The fourth-order valence-corrected chi connectivity index (χ4v) is 2.61. The lowest BCUT2D eigenvalue weighted by atomic mass is 9.95. The van der Waals surface area contributed by atoms with E-state index in [0.717, 1.165) is 36.2 Å². The second kappa shape index (κ2) is 8.93.